The van der Waals surface area contributed by atoms with Crippen molar-refractivity contribution in [3.8, 4) is 11.5 Å². The maximum atomic E-state index is 4.59. The van der Waals surface area contributed by atoms with Crippen LogP contribution in [0.4, 0.5) is 0 Å². The lowest BCUT2D eigenvalue weighted by atomic mass is 10.1. The van der Waals surface area contributed by atoms with Crippen LogP contribution in [-0.4, -0.2) is 15.0 Å². The minimum atomic E-state index is 0.478. The molecule has 0 atom stereocenters. The van der Waals surface area contributed by atoms with Gasteiger partial charge in [-0.15, -0.1) is 11.3 Å². The van der Waals surface area contributed by atoms with Gasteiger partial charge in [0.2, 0.25) is 0 Å². The molecule has 3 rings (SSSR count). The monoisotopic (exact) mass is 243 g/mol. The number of imidazole rings is 1. The minimum absolute atomic E-state index is 0.478. The molecule has 1 N–H and O–H groups in total. The summed E-state index contributed by atoms with van der Waals surface area (Å²) in [7, 11) is 0. The molecule has 0 saturated carbocycles. The Hall–Kier alpha value is -1.68. The van der Waals surface area contributed by atoms with Gasteiger partial charge in [-0.25, -0.2) is 9.97 Å². The molecule has 0 aliphatic carbocycles. The maximum absolute atomic E-state index is 4.59. The van der Waals surface area contributed by atoms with E-state index in [4.69, 9.17) is 0 Å². The molecular formula is C13H13N3S. The fraction of sp³-hybridized carbons (Fsp3) is 0.231. The van der Waals surface area contributed by atoms with Gasteiger partial charge in [0.05, 0.1) is 16.5 Å². The summed E-state index contributed by atoms with van der Waals surface area (Å²) in [6.45, 7) is 4.36. The van der Waals surface area contributed by atoms with Crippen LogP contribution >= 0.6 is 11.3 Å². The molecule has 0 unspecified atom stereocenters. The van der Waals surface area contributed by atoms with Gasteiger partial charge in [0.25, 0.3) is 0 Å². The van der Waals surface area contributed by atoms with Crippen molar-refractivity contribution in [2.45, 2.75) is 19.8 Å². The van der Waals surface area contributed by atoms with E-state index in [0.29, 0.717) is 5.92 Å². The quantitative estimate of drug-likeness (QED) is 0.743. The van der Waals surface area contributed by atoms with E-state index < -0.39 is 0 Å². The van der Waals surface area contributed by atoms with Gasteiger partial charge in [-0.2, -0.15) is 0 Å². The van der Waals surface area contributed by atoms with E-state index in [1.807, 2.05) is 29.8 Å². The van der Waals surface area contributed by atoms with E-state index in [0.717, 1.165) is 22.6 Å². The van der Waals surface area contributed by atoms with Crippen LogP contribution in [-0.2, 0) is 0 Å². The number of para-hydroxylation sites is 2. The van der Waals surface area contributed by atoms with Crippen molar-refractivity contribution in [2.24, 2.45) is 0 Å². The van der Waals surface area contributed by atoms with Crippen LogP contribution in [0.15, 0.2) is 29.8 Å². The van der Waals surface area contributed by atoms with E-state index in [9.17, 15) is 0 Å². The predicted molar refractivity (Wildman–Crippen MR) is 71.3 cm³/mol. The number of nitrogens with one attached hydrogen (secondary N) is 1. The first kappa shape index (κ1) is 10.5. The zero-order valence-corrected chi connectivity index (χ0v) is 10.6. The molecular weight excluding hydrogens is 230 g/mol. The first-order valence-electron chi connectivity index (χ1n) is 5.64. The highest BCUT2D eigenvalue weighted by Crippen LogP contribution is 2.30. The molecule has 2 aromatic heterocycles. The number of nitrogens with zero attached hydrogens (tertiary/aromatic N) is 2. The van der Waals surface area contributed by atoms with Crippen molar-refractivity contribution in [1.82, 2.24) is 15.0 Å². The van der Waals surface area contributed by atoms with Crippen LogP contribution in [0.2, 0.25) is 0 Å². The van der Waals surface area contributed by atoms with Gasteiger partial charge in [0.15, 0.2) is 5.82 Å². The molecule has 0 radical (unpaired) electrons. The summed E-state index contributed by atoms with van der Waals surface area (Å²) in [5.41, 5.74) is 4.93. The second-order valence-corrected chi connectivity index (χ2v) is 5.21. The smallest absolute Gasteiger partial charge is 0.158 e. The molecule has 0 amide bonds. The van der Waals surface area contributed by atoms with E-state index in [2.05, 4.69) is 28.8 Å². The average Bonchev–Trinajstić information content (AvgIpc) is 2.95. The Morgan fingerprint density at radius 3 is 2.82 bits per heavy atom. The minimum Gasteiger partial charge on any atom is -0.337 e. The first-order chi connectivity index (χ1) is 8.25. The van der Waals surface area contributed by atoms with Gasteiger partial charge in [-0.3, -0.25) is 0 Å². The third kappa shape index (κ3) is 1.74. The largest absolute Gasteiger partial charge is 0.337 e. The first-order valence-corrected chi connectivity index (χ1v) is 6.52. The summed E-state index contributed by atoms with van der Waals surface area (Å²) in [4.78, 5) is 13.6. The van der Waals surface area contributed by atoms with Gasteiger partial charge in [0.1, 0.15) is 5.69 Å². The van der Waals surface area contributed by atoms with Crippen LogP contribution in [0, 0.1) is 0 Å². The van der Waals surface area contributed by atoms with Crippen molar-refractivity contribution in [3.63, 3.8) is 0 Å². The topological polar surface area (TPSA) is 41.6 Å². The summed E-state index contributed by atoms with van der Waals surface area (Å²) in [6, 6.07) is 8.05. The lowest BCUT2D eigenvalue weighted by molar-refractivity contribution is 0.886. The van der Waals surface area contributed by atoms with E-state index in [1.165, 1.54) is 4.88 Å². The zero-order valence-electron chi connectivity index (χ0n) is 9.77. The molecule has 1 aromatic carbocycles. The summed E-state index contributed by atoms with van der Waals surface area (Å²) < 4.78 is 0. The molecule has 4 heteroatoms. The molecule has 0 fully saturated rings. The van der Waals surface area contributed by atoms with Crippen molar-refractivity contribution >= 4 is 22.4 Å². The fourth-order valence-corrected chi connectivity index (χ4v) is 2.71. The number of rotatable bonds is 2. The third-order valence-corrected chi connectivity index (χ3v) is 3.86. The second kappa shape index (κ2) is 3.96. The van der Waals surface area contributed by atoms with Crippen LogP contribution < -0.4 is 0 Å². The SMILES string of the molecule is CC(C)c1scnc1-c1nc2ccccc2[nH]1. The Bertz CT molecular complexity index is 618. The number of hydrogen-bond donors (Lipinski definition) is 1. The van der Waals surface area contributed by atoms with Crippen LogP contribution in [0.1, 0.15) is 24.6 Å². The van der Waals surface area contributed by atoms with Crippen LogP contribution in [0.25, 0.3) is 22.6 Å². The molecule has 0 aliphatic heterocycles. The van der Waals surface area contributed by atoms with Crippen molar-refractivity contribution in [1.29, 1.82) is 0 Å². The Labute approximate surface area is 104 Å². The van der Waals surface area contributed by atoms with Crippen molar-refractivity contribution < 1.29 is 0 Å². The van der Waals surface area contributed by atoms with Crippen molar-refractivity contribution in [3.05, 3.63) is 34.7 Å². The van der Waals surface area contributed by atoms with Gasteiger partial charge in [-0.1, -0.05) is 26.0 Å². The Morgan fingerprint density at radius 2 is 2.06 bits per heavy atom. The lowest BCUT2D eigenvalue weighted by Gasteiger charge is -2.02. The standard InChI is InChI=1S/C13H13N3S/c1-8(2)12-11(14-7-17-12)13-15-9-5-3-4-6-10(9)16-13/h3-8H,1-2H3,(H,15,16). The molecule has 0 aliphatic rings. The van der Waals surface area contributed by atoms with Crippen molar-refractivity contribution in [2.75, 3.05) is 0 Å². The number of aromatic nitrogens is 3. The average molecular weight is 243 g/mol. The summed E-state index contributed by atoms with van der Waals surface area (Å²) >= 11 is 1.69. The number of aromatic amines is 1. The van der Waals surface area contributed by atoms with E-state index in [-0.39, 0.29) is 0 Å². The molecule has 3 nitrogen and oxygen atoms in total. The third-order valence-electron chi connectivity index (χ3n) is 2.73. The number of hydrogen-bond acceptors (Lipinski definition) is 3. The number of fused-ring (bicyclic) bond motifs is 1. The highest BCUT2D eigenvalue weighted by Gasteiger charge is 2.14. The highest BCUT2D eigenvalue weighted by atomic mass is 32.1. The van der Waals surface area contributed by atoms with E-state index >= 15 is 0 Å². The van der Waals surface area contributed by atoms with Gasteiger partial charge < -0.3 is 4.98 Å². The molecule has 3 aromatic rings. The highest BCUT2D eigenvalue weighted by molar-refractivity contribution is 7.10. The number of thiazole rings is 1. The van der Waals surface area contributed by atoms with Gasteiger partial charge >= 0.3 is 0 Å². The number of benzene rings is 1. The van der Waals surface area contributed by atoms with E-state index in [1.54, 1.807) is 11.3 Å². The summed E-state index contributed by atoms with van der Waals surface area (Å²) in [5.74, 6) is 1.35. The fourth-order valence-electron chi connectivity index (χ4n) is 1.91. The summed E-state index contributed by atoms with van der Waals surface area (Å²) in [6.07, 6.45) is 0. The summed E-state index contributed by atoms with van der Waals surface area (Å²) in [5, 5.41) is 0. The molecule has 0 bridgehead atoms. The Morgan fingerprint density at radius 1 is 1.24 bits per heavy atom. The molecule has 0 spiro atoms. The van der Waals surface area contributed by atoms with Gasteiger partial charge in [-0.05, 0) is 18.1 Å². The normalized spacial score (nSPS) is 11.5. The Kier molecular flexibility index (Phi) is 2.44. The predicted octanol–water partition coefficient (Wildman–Crippen LogP) is 3.81. The number of H-pyrrole nitrogens is 1. The maximum Gasteiger partial charge on any atom is 0.158 e. The zero-order chi connectivity index (χ0) is 11.8. The molecule has 0 saturated heterocycles. The molecule has 17 heavy (non-hydrogen) atoms. The van der Waals surface area contributed by atoms with Crippen LogP contribution in [0.3, 0.4) is 0 Å². The lowest BCUT2D eigenvalue weighted by Crippen LogP contribution is -1.89. The van der Waals surface area contributed by atoms with Gasteiger partial charge in [0, 0.05) is 4.88 Å². The molecule has 86 valence electrons. The second-order valence-electron chi connectivity index (χ2n) is 4.32. The van der Waals surface area contributed by atoms with Crippen LogP contribution in [0.5, 0.6) is 0 Å². The Balaban J connectivity index is 2.17. The molecule has 2 heterocycles.